The second-order valence-electron chi connectivity index (χ2n) is 12.5. The molecule has 5 heterocycles. The monoisotopic (exact) mass is 672 g/mol. The number of aromatic nitrogens is 4. The van der Waals surface area contributed by atoms with Gasteiger partial charge < -0.3 is 35.1 Å². The van der Waals surface area contributed by atoms with E-state index in [9.17, 15) is 30.0 Å². The first kappa shape index (κ1) is 37.2. The third kappa shape index (κ3) is 8.18. The second-order valence-corrected chi connectivity index (χ2v) is 12.5. The number of H-pyrrole nitrogens is 2. The van der Waals surface area contributed by atoms with Crippen molar-refractivity contribution < 1.29 is 34.8 Å². The van der Waals surface area contributed by atoms with Crippen LogP contribution in [0.4, 0.5) is 0 Å². The van der Waals surface area contributed by atoms with E-state index in [2.05, 4.69) is 9.97 Å². The molecule has 6 N–H and O–H groups in total. The van der Waals surface area contributed by atoms with E-state index in [1.165, 1.54) is 0 Å². The molecule has 3 aromatic heterocycles. The summed E-state index contributed by atoms with van der Waals surface area (Å²) in [4.78, 5) is 39.8. The highest BCUT2D eigenvalue weighted by Gasteiger charge is 2.23. The fourth-order valence-corrected chi connectivity index (χ4v) is 6.52. The van der Waals surface area contributed by atoms with E-state index >= 15 is 0 Å². The van der Waals surface area contributed by atoms with Gasteiger partial charge in [0.05, 0.1) is 35.0 Å². The summed E-state index contributed by atoms with van der Waals surface area (Å²) in [5.41, 5.74) is 11.7. The number of aliphatic hydroxyl groups is 2. The molecule has 0 aliphatic carbocycles. The first-order chi connectivity index (χ1) is 23.2. The molecule has 2 unspecified atom stereocenters. The van der Waals surface area contributed by atoms with E-state index in [0.29, 0.717) is 44.9 Å². The average molecular weight is 673 g/mol. The average Bonchev–Trinajstić information content (AvgIpc) is 3.69. The number of fused-ring (bicyclic) bond motifs is 8. The highest BCUT2D eigenvalue weighted by Crippen LogP contribution is 2.37. The second kappa shape index (κ2) is 15.8. The maximum absolute atomic E-state index is 11.6. The highest BCUT2D eigenvalue weighted by atomic mass is 16.5. The molecule has 0 aromatic carbocycles. The van der Waals surface area contributed by atoms with E-state index in [-0.39, 0.29) is 25.7 Å². The van der Waals surface area contributed by atoms with Crippen LogP contribution in [0.3, 0.4) is 0 Å². The normalized spacial score (nSPS) is 14.1. The Kier molecular flexibility index (Phi) is 12.0. The van der Waals surface area contributed by atoms with Crippen molar-refractivity contribution in [2.45, 2.75) is 93.3 Å². The number of rotatable bonds is 10. The lowest BCUT2D eigenvalue weighted by Gasteiger charge is -2.07. The van der Waals surface area contributed by atoms with Crippen molar-refractivity contribution in [3.8, 4) is 0 Å². The summed E-state index contributed by atoms with van der Waals surface area (Å²) in [6.07, 6.45) is -1.16. The number of nitrogens with zero attached hydrogens (tertiary/aromatic N) is 2. The number of nitrogens with one attached hydrogen (secondary N) is 2. The van der Waals surface area contributed by atoms with Crippen LogP contribution in [-0.4, -0.2) is 71.6 Å². The lowest BCUT2D eigenvalue weighted by atomic mass is 9.99. The molecule has 0 saturated carbocycles. The zero-order valence-corrected chi connectivity index (χ0v) is 29.6. The van der Waals surface area contributed by atoms with Crippen molar-refractivity contribution in [1.29, 1.82) is 0 Å². The molecule has 49 heavy (non-hydrogen) atoms. The van der Waals surface area contributed by atoms with Crippen molar-refractivity contribution in [2.24, 2.45) is 0 Å². The molecule has 0 spiro atoms. The van der Waals surface area contributed by atoms with Gasteiger partial charge in [0.25, 0.3) is 0 Å². The number of aromatic amines is 2. The number of carboxylic acid groups (broad SMARTS) is 2. The molecule has 11 nitrogen and oxygen atoms in total. The quantitative estimate of drug-likeness (QED) is 0.130. The number of aliphatic carboxylic acids is 2. The molecule has 2 atom stereocenters. The summed E-state index contributed by atoms with van der Waals surface area (Å²) in [6.45, 7) is 16.7. The van der Waals surface area contributed by atoms with E-state index in [0.717, 1.165) is 57.7 Å². The van der Waals surface area contributed by atoms with Crippen LogP contribution in [0.25, 0.3) is 44.4 Å². The maximum Gasteiger partial charge on any atom is 0.303 e. The van der Waals surface area contributed by atoms with Crippen LogP contribution in [0, 0.1) is 13.8 Å². The largest absolute Gasteiger partial charge is 0.481 e. The summed E-state index contributed by atoms with van der Waals surface area (Å²) in [6, 6.07) is 7.51. The molecule has 5 rings (SSSR count). The minimum absolute atomic E-state index is 0.0628. The van der Waals surface area contributed by atoms with Gasteiger partial charge in [-0.1, -0.05) is 0 Å². The van der Waals surface area contributed by atoms with Crippen molar-refractivity contribution in [2.75, 3.05) is 13.2 Å². The highest BCUT2D eigenvalue weighted by molar-refractivity contribution is 5.96. The van der Waals surface area contributed by atoms with Crippen LogP contribution in [0.1, 0.15) is 112 Å². The van der Waals surface area contributed by atoms with Crippen LogP contribution >= 0.6 is 0 Å². The predicted octanol–water partition coefficient (Wildman–Crippen LogP) is 7.15. The lowest BCUT2D eigenvalue weighted by Crippen LogP contribution is -2.02. The number of carboxylic acids is 2. The molecular weight excluding hydrogens is 624 g/mol. The fourth-order valence-electron chi connectivity index (χ4n) is 6.52. The molecule has 0 radical (unpaired) electrons. The van der Waals surface area contributed by atoms with Gasteiger partial charge in [-0.2, -0.15) is 0 Å². The van der Waals surface area contributed by atoms with E-state index < -0.39 is 24.1 Å². The van der Waals surface area contributed by atoms with Gasteiger partial charge >= 0.3 is 11.9 Å². The number of aliphatic hydroxyl groups excluding tert-OH is 2. The van der Waals surface area contributed by atoms with Crippen molar-refractivity contribution >= 4 is 56.3 Å². The van der Waals surface area contributed by atoms with Gasteiger partial charge in [-0.15, -0.1) is 0 Å². The number of carbonyl (C=O) groups is 2. The van der Waals surface area contributed by atoms with Gasteiger partial charge in [0, 0.05) is 59.3 Å². The standard InChI is InChI=1S/C34H38N4O6.C4H10O/c1-15-21(7-9-31(41)42)27-14-28-22(8-10-32(43)44)16(2)24(36-28)12-29-34(20(6)40)18(4)26(38-29)13-30-33(19(5)39)17(3)25(37-30)11-23(15)35-27;1-3-5-4-2/h11-14,19-20,35,38-40H,7-10H2,1-6H3,(H,41,42)(H,43,44);3-4H2,1-2H3. The Balaban J connectivity index is 0.00000101. The van der Waals surface area contributed by atoms with Gasteiger partial charge in [0.2, 0.25) is 0 Å². The molecule has 11 heteroatoms. The molecule has 2 aliphatic heterocycles. The van der Waals surface area contributed by atoms with Crippen LogP contribution in [0.5, 0.6) is 0 Å². The minimum atomic E-state index is -0.917. The smallest absolute Gasteiger partial charge is 0.303 e. The van der Waals surface area contributed by atoms with Gasteiger partial charge in [-0.05, 0) is 126 Å². The number of hydrogen-bond donors (Lipinski definition) is 6. The molecule has 0 saturated heterocycles. The Morgan fingerprint density at radius 3 is 1.78 bits per heavy atom. The third-order valence-corrected chi connectivity index (χ3v) is 9.06. The van der Waals surface area contributed by atoms with Gasteiger partial charge in [0.15, 0.2) is 0 Å². The Hall–Kier alpha value is -4.58. The van der Waals surface area contributed by atoms with E-state index in [1.54, 1.807) is 13.8 Å². The summed E-state index contributed by atoms with van der Waals surface area (Å²) < 4.78 is 4.83. The molecule has 8 bridgehead atoms. The summed E-state index contributed by atoms with van der Waals surface area (Å²) in [5.74, 6) is -1.83. The molecule has 3 aromatic rings. The van der Waals surface area contributed by atoms with Crippen molar-refractivity contribution in [1.82, 2.24) is 19.9 Å². The molecule has 0 fully saturated rings. The minimum Gasteiger partial charge on any atom is -0.481 e. The summed E-state index contributed by atoms with van der Waals surface area (Å²) >= 11 is 0. The first-order valence-corrected chi connectivity index (χ1v) is 16.7. The number of hydrogen-bond acceptors (Lipinski definition) is 7. The molecule has 2 aliphatic rings. The molecular formula is C38H48N4O7. The van der Waals surface area contributed by atoms with Crippen LogP contribution in [0.15, 0.2) is 24.3 Å². The first-order valence-electron chi connectivity index (χ1n) is 16.7. The van der Waals surface area contributed by atoms with Gasteiger partial charge in [0.1, 0.15) is 0 Å². The van der Waals surface area contributed by atoms with Crippen molar-refractivity contribution in [3.05, 3.63) is 69.3 Å². The summed E-state index contributed by atoms with van der Waals surface area (Å²) in [7, 11) is 0. The number of aryl methyl sites for hydroxylation is 3. The molecule has 0 amide bonds. The summed E-state index contributed by atoms with van der Waals surface area (Å²) in [5, 5.41) is 40.5. The van der Waals surface area contributed by atoms with E-state index in [4.69, 9.17) is 14.7 Å². The Morgan fingerprint density at radius 2 is 1.20 bits per heavy atom. The fraction of sp³-hybridized carbons (Fsp3) is 0.421. The SMILES string of the molecule is CC1=C(CCC(=O)O)c2cc3[nH]c(cc4nc(cc5[nH]c(cc1n2)c(C(C)O)c5C)C(C(C)O)=C4C)c(C)c3CCC(=O)O.CCOCC. The Bertz CT molecular complexity index is 1980. The maximum atomic E-state index is 11.6. The topological polar surface area (TPSA) is 182 Å². The van der Waals surface area contributed by atoms with Gasteiger partial charge in [-0.25, -0.2) is 9.97 Å². The van der Waals surface area contributed by atoms with Crippen LogP contribution in [-0.2, 0) is 20.7 Å². The Labute approximate surface area is 286 Å². The number of allylic oxidation sites excluding steroid dienone is 3. The van der Waals surface area contributed by atoms with Crippen molar-refractivity contribution in [3.63, 3.8) is 0 Å². The third-order valence-electron chi connectivity index (χ3n) is 9.06. The van der Waals surface area contributed by atoms with Gasteiger partial charge in [-0.3, -0.25) is 9.59 Å². The predicted molar refractivity (Wildman–Crippen MR) is 193 cm³/mol. The van der Waals surface area contributed by atoms with E-state index in [1.807, 2.05) is 65.8 Å². The lowest BCUT2D eigenvalue weighted by molar-refractivity contribution is -0.137. The Morgan fingerprint density at radius 1 is 0.694 bits per heavy atom. The zero-order valence-electron chi connectivity index (χ0n) is 29.6. The number of ether oxygens (including phenoxy) is 1. The van der Waals surface area contributed by atoms with Crippen LogP contribution in [0.2, 0.25) is 0 Å². The zero-order chi connectivity index (χ0) is 36.2. The van der Waals surface area contributed by atoms with Crippen LogP contribution < -0.4 is 0 Å². The molecule has 262 valence electrons.